The Hall–Kier alpha value is -1.63. The number of nitrogens with one attached hydrogen (secondary N) is 2. The van der Waals surface area contributed by atoms with Crippen LogP contribution in [0.25, 0.3) is 0 Å². The normalized spacial score (nSPS) is 28.5. The van der Waals surface area contributed by atoms with Crippen molar-refractivity contribution in [3.8, 4) is 0 Å². The van der Waals surface area contributed by atoms with E-state index in [9.17, 15) is 0 Å². The van der Waals surface area contributed by atoms with Gasteiger partial charge in [0.05, 0.1) is 38.0 Å². The SMILES string of the molecule is CCNC(=NCc1cccc(CN2CCOCC2)c1)NC1CC2CCC1O2. The smallest absolute Gasteiger partial charge is 0.191 e. The highest BCUT2D eigenvalue weighted by atomic mass is 16.5. The molecular weight excluding hydrogens is 340 g/mol. The molecule has 3 fully saturated rings. The van der Waals surface area contributed by atoms with Crippen LogP contribution >= 0.6 is 0 Å². The lowest BCUT2D eigenvalue weighted by molar-refractivity contribution is 0.0342. The minimum absolute atomic E-state index is 0.357. The zero-order valence-electron chi connectivity index (χ0n) is 16.3. The van der Waals surface area contributed by atoms with Crippen molar-refractivity contribution in [3.63, 3.8) is 0 Å². The van der Waals surface area contributed by atoms with E-state index in [1.165, 1.54) is 24.0 Å². The number of rotatable bonds is 6. The van der Waals surface area contributed by atoms with Crippen LogP contribution in [0.1, 0.15) is 37.3 Å². The fourth-order valence-corrected chi connectivity index (χ4v) is 4.30. The molecule has 3 aliphatic heterocycles. The third-order valence-electron chi connectivity index (χ3n) is 5.69. The summed E-state index contributed by atoms with van der Waals surface area (Å²) in [6, 6.07) is 9.19. The molecule has 0 amide bonds. The molecule has 0 radical (unpaired) electrons. The van der Waals surface area contributed by atoms with Gasteiger partial charge in [0.15, 0.2) is 5.96 Å². The van der Waals surface area contributed by atoms with Crippen LogP contribution < -0.4 is 10.6 Å². The highest BCUT2D eigenvalue weighted by Gasteiger charge is 2.41. The molecule has 0 saturated carbocycles. The fraction of sp³-hybridized carbons (Fsp3) is 0.667. The fourth-order valence-electron chi connectivity index (χ4n) is 4.30. The molecule has 3 saturated heterocycles. The van der Waals surface area contributed by atoms with Crippen molar-refractivity contribution in [2.24, 2.45) is 4.99 Å². The number of ether oxygens (including phenoxy) is 2. The van der Waals surface area contributed by atoms with Crippen molar-refractivity contribution in [3.05, 3.63) is 35.4 Å². The zero-order valence-corrected chi connectivity index (χ0v) is 16.3. The Balaban J connectivity index is 1.35. The van der Waals surface area contributed by atoms with Gasteiger partial charge in [-0.3, -0.25) is 4.90 Å². The first-order valence-electron chi connectivity index (χ1n) is 10.4. The quantitative estimate of drug-likeness (QED) is 0.590. The Morgan fingerprint density at radius 1 is 1.22 bits per heavy atom. The second-order valence-electron chi connectivity index (χ2n) is 7.76. The first-order chi connectivity index (χ1) is 13.3. The molecule has 0 aromatic heterocycles. The Morgan fingerprint density at radius 2 is 2.07 bits per heavy atom. The predicted octanol–water partition coefficient (Wildman–Crippen LogP) is 1.89. The molecule has 3 aliphatic rings. The van der Waals surface area contributed by atoms with Crippen molar-refractivity contribution >= 4 is 5.96 Å². The summed E-state index contributed by atoms with van der Waals surface area (Å²) in [6.45, 7) is 8.37. The van der Waals surface area contributed by atoms with E-state index >= 15 is 0 Å². The van der Waals surface area contributed by atoms with Gasteiger partial charge in [0.25, 0.3) is 0 Å². The third-order valence-corrected chi connectivity index (χ3v) is 5.69. The topological polar surface area (TPSA) is 58.1 Å². The monoisotopic (exact) mass is 372 g/mol. The van der Waals surface area contributed by atoms with Gasteiger partial charge in [0, 0.05) is 26.2 Å². The average molecular weight is 373 g/mol. The molecule has 1 aromatic rings. The second-order valence-corrected chi connectivity index (χ2v) is 7.76. The number of hydrogen-bond acceptors (Lipinski definition) is 4. The van der Waals surface area contributed by atoms with Crippen molar-refractivity contribution in [1.29, 1.82) is 0 Å². The molecule has 2 N–H and O–H groups in total. The van der Waals surface area contributed by atoms with Gasteiger partial charge in [-0.2, -0.15) is 0 Å². The Bertz CT molecular complexity index is 645. The molecule has 2 bridgehead atoms. The number of hydrogen-bond donors (Lipinski definition) is 2. The van der Waals surface area contributed by atoms with E-state index in [0.29, 0.717) is 24.8 Å². The van der Waals surface area contributed by atoms with E-state index < -0.39 is 0 Å². The molecule has 27 heavy (non-hydrogen) atoms. The molecule has 3 unspecified atom stereocenters. The van der Waals surface area contributed by atoms with E-state index in [4.69, 9.17) is 14.5 Å². The highest BCUT2D eigenvalue weighted by molar-refractivity contribution is 5.80. The van der Waals surface area contributed by atoms with Crippen LogP contribution in [-0.4, -0.2) is 62.0 Å². The standard InChI is InChI=1S/C21H32N4O2/c1-2-22-21(24-19-13-18-6-7-20(19)27-18)23-14-16-4-3-5-17(12-16)15-25-8-10-26-11-9-25/h3-5,12,18-20H,2,6-11,13-15H2,1H3,(H2,22,23,24). The molecule has 6 nitrogen and oxygen atoms in total. The molecule has 3 heterocycles. The number of nitrogens with zero attached hydrogens (tertiary/aromatic N) is 2. The summed E-state index contributed by atoms with van der Waals surface area (Å²) in [4.78, 5) is 7.27. The maximum atomic E-state index is 5.96. The van der Waals surface area contributed by atoms with E-state index in [2.05, 4.69) is 46.7 Å². The van der Waals surface area contributed by atoms with Gasteiger partial charge >= 0.3 is 0 Å². The van der Waals surface area contributed by atoms with Gasteiger partial charge in [0.2, 0.25) is 0 Å². The summed E-state index contributed by atoms with van der Waals surface area (Å²) >= 11 is 0. The number of aliphatic imine (C=N–C) groups is 1. The lowest BCUT2D eigenvalue weighted by Gasteiger charge is -2.26. The number of morpholine rings is 1. The first kappa shape index (κ1) is 18.7. The van der Waals surface area contributed by atoms with Crippen LogP contribution in [0.2, 0.25) is 0 Å². The molecule has 148 valence electrons. The number of fused-ring (bicyclic) bond motifs is 2. The lowest BCUT2D eigenvalue weighted by Crippen LogP contribution is -2.47. The molecule has 0 spiro atoms. The maximum absolute atomic E-state index is 5.96. The zero-order chi connectivity index (χ0) is 18.5. The number of benzene rings is 1. The Kier molecular flexibility index (Phi) is 6.27. The molecule has 1 aromatic carbocycles. The summed E-state index contributed by atoms with van der Waals surface area (Å²) in [6.07, 6.45) is 4.30. The highest BCUT2D eigenvalue weighted by Crippen LogP contribution is 2.34. The summed E-state index contributed by atoms with van der Waals surface area (Å²) in [5, 5.41) is 6.97. The molecular formula is C21H32N4O2. The summed E-state index contributed by atoms with van der Waals surface area (Å²) in [5.74, 6) is 0.900. The largest absolute Gasteiger partial charge is 0.379 e. The minimum Gasteiger partial charge on any atom is -0.379 e. The molecule has 4 rings (SSSR count). The number of guanidine groups is 1. The third kappa shape index (κ3) is 5.00. The van der Waals surface area contributed by atoms with E-state index in [-0.39, 0.29) is 0 Å². The van der Waals surface area contributed by atoms with Crippen molar-refractivity contribution in [1.82, 2.24) is 15.5 Å². The van der Waals surface area contributed by atoms with Gasteiger partial charge in [-0.05, 0) is 37.3 Å². The van der Waals surface area contributed by atoms with Crippen LogP contribution in [0.5, 0.6) is 0 Å². The van der Waals surface area contributed by atoms with E-state index in [1.54, 1.807) is 0 Å². The predicted molar refractivity (Wildman–Crippen MR) is 107 cm³/mol. The van der Waals surface area contributed by atoms with Gasteiger partial charge < -0.3 is 20.1 Å². The van der Waals surface area contributed by atoms with Gasteiger partial charge in [0.1, 0.15) is 0 Å². The van der Waals surface area contributed by atoms with Gasteiger partial charge in [-0.1, -0.05) is 24.3 Å². The molecule has 0 aliphatic carbocycles. The van der Waals surface area contributed by atoms with Gasteiger partial charge in [-0.25, -0.2) is 4.99 Å². The molecule has 6 heteroatoms. The minimum atomic E-state index is 0.357. The summed E-state index contributed by atoms with van der Waals surface area (Å²) in [5.41, 5.74) is 2.60. The van der Waals surface area contributed by atoms with E-state index in [1.807, 2.05) is 0 Å². The van der Waals surface area contributed by atoms with Crippen LogP contribution in [0.15, 0.2) is 29.3 Å². The first-order valence-corrected chi connectivity index (χ1v) is 10.4. The van der Waals surface area contributed by atoms with Crippen LogP contribution in [-0.2, 0) is 22.6 Å². The summed E-state index contributed by atoms with van der Waals surface area (Å²) in [7, 11) is 0. The van der Waals surface area contributed by atoms with Crippen molar-refractivity contribution < 1.29 is 9.47 Å². The summed E-state index contributed by atoms with van der Waals surface area (Å²) < 4.78 is 11.4. The lowest BCUT2D eigenvalue weighted by atomic mass is 9.96. The average Bonchev–Trinajstić information content (AvgIpc) is 3.31. The molecule has 3 atom stereocenters. The Morgan fingerprint density at radius 3 is 2.81 bits per heavy atom. The van der Waals surface area contributed by atoms with Gasteiger partial charge in [-0.15, -0.1) is 0 Å². The van der Waals surface area contributed by atoms with Crippen LogP contribution in [0.3, 0.4) is 0 Å². The maximum Gasteiger partial charge on any atom is 0.191 e. The Labute approximate surface area is 162 Å². The second kappa shape index (κ2) is 9.04. The van der Waals surface area contributed by atoms with E-state index in [0.717, 1.165) is 51.8 Å². The van der Waals surface area contributed by atoms with Crippen molar-refractivity contribution in [2.45, 2.75) is 57.5 Å². The van der Waals surface area contributed by atoms with Crippen LogP contribution in [0.4, 0.5) is 0 Å². The van der Waals surface area contributed by atoms with Crippen molar-refractivity contribution in [2.75, 3.05) is 32.8 Å². The van der Waals surface area contributed by atoms with Crippen LogP contribution in [0, 0.1) is 0 Å².